The van der Waals surface area contributed by atoms with Crippen molar-refractivity contribution in [2.45, 2.75) is 52.5 Å². The molecule has 1 amide bonds. The van der Waals surface area contributed by atoms with E-state index in [1.807, 2.05) is 0 Å². The lowest BCUT2D eigenvalue weighted by Crippen LogP contribution is -2.49. The van der Waals surface area contributed by atoms with Gasteiger partial charge in [0.2, 0.25) is 5.91 Å². The van der Waals surface area contributed by atoms with Crippen LogP contribution in [0.5, 0.6) is 0 Å². The van der Waals surface area contributed by atoms with E-state index >= 15 is 0 Å². The van der Waals surface area contributed by atoms with Gasteiger partial charge in [-0.1, -0.05) is 20.8 Å². The van der Waals surface area contributed by atoms with Crippen molar-refractivity contribution in [3.05, 3.63) is 0 Å². The van der Waals surface area contributed by atoms with E-state index in [1.54, 1.807) is 0 Å². The molecule has 0 saturated carbocycles. The van der Waals surface area contributed by atoms with Crippen molar-refractivity contribution in [2.75, 3.05) is 39.3 Å². The maximum Gasteiger partial charge on any atom is 0.228 e. The zero-order valence-electron chi connectivity index (χ0n) is 13.5. The fraction of sp³-hybridized carbons (Fsp3) is 0.938. The highest BCUT2D eigenvalue weighted by molar-refractivity contribution is 5.83. The van der Waals surface area contributed by atoms with Gasteiger partial charge in [0.25, 0.3) is 0 Å². The molecule has 2 heterocycles. The van der Waals surface area contributed by atoms with E-state index in [0.717, 1.165) is 65.0 Å². The molecule has 2 aliphatic rings. The predicted molar refractivity (Wildman–Crippen MR) is 82.7 cm³/mol. The highest BCUT2D eigenvalue weighted by atomic mass is 16.2. The Hall–Kier alpha value is -0.610. The third kappa shape index (κ3) is 3.01. The molecule has 0 aromatic heterocycles. The summed E-state index contributed by atoms with van der Waals surface area (Å²) in [7, 11) is 0. The molecule has 0 radical (unpaired) electrons. The first-order chi connectivity index (χ1) is 9.66. The second-order valence-corrected chi connectivity index (χ2v) is 6.30. The Morgan fingerprint density at radius 1 is 1.25 bits per heavy atom. The van der Waals surface area contributed by atoms with E-state index < -0.39 is 0 Å². The third-order valence-electron chi connectivity index (χ3n) is 5.47. The number of amides is 1. The lowest BCUT2D eigenvalue weighted by atomic mass is 9.75. The molecule has 4 nitrogen and oxygen atoms in total. The minimum atomic E-state index is -0.0800. The fourth-order valence-electron chi connectivity index (χ4n) is 3.92. The van der Waals surface area contributed by atoms with Gasteiger partial charge in [0, 0.05) is 19.1 Å². The molecule has 2 saturated heterocycles. The summed E-state index contributed by atoms with van der Waals surface area (Å²) < 4.78 is 0. The van der Waals surface area contributed by atoms with Crippen molar-refractivity contribution in [3.63, 3.8) is 0 Å². The quantitative estimate of drug-likeness (QED) is 0.833. The van der Waals surface area contributed by atoms with E-state index in [1.165, 1.54) is 0 Å². The molecule has 2 rings (SSSR count). The standard InChI is InChI=1S/C16H31N3O/c1-4-16(8-10-17-11-9-16)15(20)19-12-7-14(13-19)18(5-2)6-3/h14,17H,4-13H2,1-3H3. The van der Waals surface area contributed by atoms with Crippen LogP contribution < -0.4 is 5.32 Å². The number of carbonyl (C=O) groups excluding carboxylic acids is 1. The summed E-state index contributed by atoms with van der Waals surface area (Å²) in [4.78, 5) is 17.6. The van der Waals surface area contributed by atoms with Gasteiger partial charge in [-0.3, -0.25) is 9.69 Å². The number of carbonyl (C=O) groups is 1. The number of likely N-dealkylation sites (N-methyl/N-ethyl adjacent to an activating group) is 1. The van der Waals surface area contributed by atoms with Gasteiger partial charge in [-0.05, 0) is 51.9 Å². The van der Waals surface area contributed by atoms with E-state index in [4.69, 9.17) is 0 Å². The number of hydrogen-bond acceptors (Lipinski definition) is 3. The Kier molecular flexibility index (Phi) is 5.44. The average molecular weight is 281 g/mol. The lowest BCUT2D eigenvalue weighted by molar-refractivity contribution is -0.143. The lowest BCUT2D eigenvalue weighted by Gasteiger charge is -2.38. The first kappa shape index (κ1) is 15.8. The van der Waals surface area contributed by atoms with Crippen LogP contribution in [0.25, 0.3) is 0 Å². The van der Waals surface area contributed by atoms with Crippen LogP contribution in [-0.4, -0.2) is 61.0 Å². The molecule has 2 fully saturated rings. The van der Waals surface area contributed by atoms with Gasteiger partial charge in [-0.2, -0.15) is 0 Å². The first-order valence-corrected chi connectivity index (χ1v) is 8.41. The summed E-state index contributed by atoms with van der Waals surface area (Å²) in [6.45, 7) is 12.7. The second kappa shape index (κ2) is 6.90. The van der Waals surface area contributed by atoms with Crippen molar-refractivity contribution >= 4 is 5.91 Å². The molecule has 0 spiro atoms. The first-order valence-electron chi connectivity index (χ1n) is 8.41. The third-order valence-corrected chi connectivity index (χ3v) is 5.47. The zero-order valence-corrected chi connectivity index (χ0v) is 13.5. The minimum absolute atomic E-state index is 0.0800. The fourth-order valence-corrected chi connectivity index (χ4v) is 3.92. The van der Waals surface area contributed by atoms with Gasteiger partial charge in [-0.15, -0.1) is 0 Å². The van der Waals surface area contributed by atoms with Crippen LogP contribution in [0.2, 0.25) is 0 Å². The van der Waals surface area contributed by atoms with Crippen molar-refractivity contribution < 1.29 is 4.79 Å². The maximum atomic E-state index is 13.0. The van der Waals surface area contributed by atoms with Gasteiger partial charge in [0.1, 0.15) is 0 Å². The largest absolute Gasteiger partial charge is 0.341 e. The van der Waals surface area contributed by atoms with Gasteiger partial charge in [0.15, 0.2) is 0 Å². The Balaban J connectivity index is 1.99. The second-order valence-electron chi connectivity index (χ2n) is 6.30. The van der Waals surface area contributed by atoms with E-state index in [9.17, 15) is 4.79 Å². The number of nitrogens with one attached hydrogen (secondary N) is 1. The molecule has 116 valence electrons. The summed E-state index contributed by atoms with van der Waals surface area (Å²) in [6.07, 6.45) is 4.15. The van der Waals surface area contributed by atoms with E-state index in [2.05, 4.69) is 35.9 Å². The molecule has 20 heavy (non-hydrogen) atoms. The molecule has 0 aromatic rings. The van der Waals surface area contributed by atoms with Crippen LogP contribution in [0.4, 0.5) is 0 Å². The monoisotopic (exact) mass is 281 g/mol. The molecule has 1 N–H and O–H groups in total. The minimum Gasteiger partial charge on any atom is -0.341 e. The van der Waals surface area contributed by atoms with Crippen molar-refractivity contribution in [1.82, 2.24) is 15.1 Å². The Labute approximate surface area is 123 Å². The molecule has 1 unspecified atom stereocenters. The summed E-state index contributed by atoms with van der Waals surface area (Å²) in [5, 5.41) is 3.39. The highest BCUT2D eigenvalue weighted by Gasteiger charge is 2.42. The topological polar surface area (TPSA) is 35.6 Å². The average Bonchev–Trinajstić information content (AvgIpc) is 2.98. The molecule has 4 heteroatoms. The molecule has 1 atom stereocenters. The van der Waals surface area contributed by atoms with Gasteiger partial charge in [-0.25, -0.2) is 0 Å². The summed E-state index contributed by atoms with van der Waals surface area (Å²) in [5.41, 5.74) is -0.0800. The Morgan fingerprint density at radius 2 is 1.90 bits per heavy atom. The van der Waals surface area contributed by atoms with Crippen LogP contribution in [-0.2, 0) is 4.79 Å². The SMILES string of the molecule is CCN(CC)C1CCN(C(=O)C2(CC)CCNCC2)C1. The Morgan fingerprint density at radius 3 is 2.45 bits per heavy atom. The van der Waals surface area contributed by atoms with E-state index in [0.29, 0.717) is 11.9 Å². The number of rotatable bonds is 5. The van der Waals surface area contributed by atoms with Gasteiger partial charge in [0.05, 0.1) is 5.41 Å². The number of nitrogens with zero attached hydrogens (tertiary/aromatic N) is 2. The Bertz CT molecular complexity index is 322. The molecule has 0 aliphatic carbocycles. The number of piperidine rings is 1. The molecular weight excluding hydrogens is 250 g/mol. The van der Waals surface area contributed by atoms with Crippen LogP contribution in [0.3, 0.4) is 0 Å². The van der Waals surface area contributed by atoms with Crippen molar-refractivity contribution in [1.29, 1.82) is 0 Å². The molecular formula is C16H31N3O. The summed E-state index contributed by atoms with van der Waals surface area (Å²) in [6, 6.07) is 0.574. The summed E-state index contributed by atoms with van der Waals surface area (Å²) >= 11 is 0. The summed E-state index contributed by atoms with van der Waals surface area (Å²) in [5.74, 6) is 0.427. The molecule has 2 aliphatic heterocycles. The number of likely N-dealkylation sites (tertiary alicyclic amines) is 1. The van der Waals surface area contributed by atoms with Crippen LogP contribution in [0.1, 0.15) is 46.5 Å². The maximum absolute atomic E-state index is 13.0. The van der Waals surface area contributed by atoms with Gasteiger partial charge < -0.3 is 10.2 Å². The van der Waals surface area contributed by atoms with Crippen LogP contribution in [0, 0.1) is 5.41 Å². The van der Waals surface area contributed by atoms with Gasteiger partial charge >= 0.3 is 0 Å². The van der Waals surface area contributed by atoms with E-state index in [-0.39, 0.29) is 5.41 Å². The smallest absolute Gasteiger partial charge is 0.228 e. The molecule has 0 aromatic carbocycles. The van der Waals surface area contributed by atoms with Crippen LogP contribution >= 0.6 is 0 Å². The highest BCUT2D eigenvalue weighted by Crippen LogP contribution is 2.36. The normalized spacial score (nSPS) is 26.2. The zero-order chi connectivity index (χ0) is 14.6. The molecule has 0 bridgehead atoms. The van der Waals surface area contributed by atoms with Crippen molar-refractivity contribution in [3.8, 4) is 0 Å². The van der Waals surface area contributed by atoms with Crippen molar-refractivity contribution in [2.24, 2.45) is 5.41 Å². The predicted octanol–water partition coefficient (Wildman–Crippen LogP) is 1.71. The van der Waals surface area contributed by atoms with Crippen LogP contribution in [0.15, 0.2) is 0 Å². The number of hydrogen-bond donors (Lipinski definition) is 1.